The quantitative estimate of drug-likeness (QED) is 0.533. The van der Waals surface area contributed by atoms with Crippen molar-refractivity contribution in [3.8, 4) is 0 Å². The van der Waals surface area contributed by atoms with Gasteiger partial charge in [0.15, 0.2) is 0 Å². The number of nitrogens with zero attached hydrogens (tertiary/aromatic N) is 3. The number of fused-ring (bicyclic) bond motifs is 1. The van der Waals surface area contributed by atoms with Crippen molar-refractivity contribution in [2.45, 2.75) is 26.4 Å². The zero-order valence-electron chi connectivity index (χ0n) is 17.0. The van der Waals surface area contributed by atoms with Crippen LogP contribution in [0.4, 0.5) is 10.3 Å². The molecule has 4 rings (SSSR count). The average molecular weight is 444 g/mol. The first-order chi connectivity index (χ1) is 15.1. The van der Waals surface area contributed by atoms with E-state index in [1.54, 1.807) is 37.5 Å². The summed E-state index contributed by atoms with van der Waals surface area (Å²) >= 11 is 1.14. The molecular formula is C22H22FN3O4S. The van der Waals surface area contributed by atoms with Crippen molar-refractivity contribution in [1.82, 2.24) is 9.97 Å². The van der Waals surface area contributed by atoms with Gasteiger partial charge >= 0.3 is 11.9 Å². The molecule has 0 bridgehead atoms. The van der Waals surface area contributed by atoms with Gasteiger partial charge in [0.05, 0.1) is 12.5 Å². The summed E-state index contributed by atoms with van der Waals surface area (Å²) in [5.41, 5.74) is 0.351. The standard InChI is InChI=1S/C22H22FN3O4S/c1-2-29-21(28)19-15(18-16(23)7-3-8-17(18)31-19)13-30-20(27)14-6-4-11-26(12-14)22-24-9-5-10-25-22/h3,5,7-10,14H,2,4,6,11-13H2,1H3/t14-/m1/s1. The van der Waals surface area contributed by atoms with E-state index in [-0.39, 0.29) is 30.0 Å². The molecule has 0 N–H and O–H groups in total. The summed E-state index contributed by atoms with van der Waals surface area (Å²) in [5.74, 6) is -1.15. The van der Waals surface area contributed by atoms with Crippen molar-refractivity contribution < 1.29 is 23.5 Å². The van der Waals surface area contributed by atoms with Crippen molar-refractivity contribution in [1.29, 1.82) is 0 Å². The van der Waals surface area contributed by atoms with Crippen LogP contribution in [0.1, 0.15) is 35.0 Å². The number of benzene rings is 1. The Labute approximate surface area is 182 Å². The van der Waals surface area contributed by atoms with Crippen LogP contribution in [0, 0.1) is 11.7 Å². The Balaban J connectivity index is 1.51. The summed E-state index contributed by atoms with van der Waals surface area (Å²) in [5, 5.41) is 0.298. The number of piperidine rings is 1. The highest BCUT2D eigenvalue weighted by molar-refractivity contribution is 7.21. The number of hydrogen-bond acceptors (Lipinski definition) is 8. The molecule has 1 aromatic carbocycles. The lowest BCUT2D eigenvalue weighted by Crippen LogP contribution is -2.40. The lowest BCUT2D eigenvalue weighted by Gasteiger charge is -2.31. The normalized spacial score (nSPS) is 16.3. The Morgan fingerprint density at radius 3 is 2.81 bits per heavy atom. The van der Waals surface area contributed by atoms with Gasteiger partial charge in [-0.2, -0.15) is 0 Å². The van der Waals surface area contributed by atoms with E-state index in [2.05, 4.69) is 9.97 Å². The van der Waals surface area contributed by atoms with Gasteiger partial charge in [0.2, 0.25) is 5.95 Å². The summed E-state index contributed by atoms with van der Waals surface area (Å²) in [6, 6.07) is 6.38. The topological polar surface area (TPSA) is 81.6 Å². The van der Waals surface area contributed by atoms with Crippen molar-refractivity contribution in [3.05, 3.63) is 52.9 Å². The lowest BCUT2D eigenvalue weighted by molar-refractivity contribution is -0.150. The van der Waals surface area contributed by atoms with Gasteiger partial charge in [-0.25, -0.2) is 19.2 Å². The van der Waals surface area contributed by atoms with Gasteiger partial charge in [-0.3, -0.25) is 4.79 Å². The van der Waals surface area contributed by atoms with E-state index in [4.69, 9.17) is 9.47 Å². The molecule has 0 spiro atoms. The predicted molar refractivity (Wildman–Crippen MR) is 115 cm³/mol. The summed E-state index contributed by atoms with van der Waals surface area (Å²) < 4.78 is 25.8. The first-order valence-corrected chi connectivity index (χ1v) is 11.0. The van der Waals surface area contributed by atoms with E-state index in [9.17, 15) is 14.0 Å². The third kappa shape index (κ3) is 4.51. The number of rotatable bonds is 6. The van der Waals surface area contributed by atoms with Crippen molar-refractivity contribution in [3.63, 3.8) is 0 Å². The van der Waals surface area contributed by atoms with Crippen molar-refractivity contribution in [2.75, 3.05) is 24.6 Å². The molecule has 162 valence electrons. The number of esters is 2. The van der Waals surface area contributed by atoms with Crippen molar-refractivity contribution >= 4 is 39.3 Å². The molecule has 1 aliphatic rings. The highest BCUT2D eigenvalue weighted by Gasteiger charge is 2.29. The van der Waals surface area contributed by atoms with Crippen LogP contribution in [0.2, 0.25) is 0 Å². The second kappa shape index (κ2) is 9.38. The number of ether oxygens (including phenoxy) is 2. The molecule has 0 saturated carbocycles. The van der Waals surface area contributed by atoms with E-state index in [1.165, 1.54) is 6.07 Å². The molecular weight excluding hydrogens is 421 g/mol. The van der Waals surface area contributed by atoms with Gasteiger partial charge in [0, 0.05) is 41.1 Å². The van der Waals surface area contributed by atoms with Crippen LogP contribution < -0.4 is 4.90 Å². The second-order valence-corrected chi connectivity index (χ2v) is 8.24. The fourth-order valence-electron chi connectivity index (χ4n) is 3.73. The Bertz CT molecular complexity index is 1090. The number of carbonyl (C=O) groups is 2. The average Bonchev–Trinajstić information content (AvgIpc) is 3.18. The highest BCUT2D eigenvalue weighted by Crippen LogP contribution is 2.34. The maximum Gasteiger partial charge on any atom is 0.348 e. The summed E-state index contributed by atoms with van der Waals surface area (Å²) in [6.45, 7) is 2.94. The lowest BCUT2D eigenvalue weighted by atomic mass is 9.98. The molecule has 1 saturated heterocycles. The molecule has 1 fully saturated rings. The Hall–Kier alpha value is -3.07. The molecule has 1 aliphatic heterocycles. The van der Waals surface area contributed by atoms with E-state index in [0.29, 0.717) is 34.6 Å². The first kappa shape index (κ1) is 21.2. The van der Waals surface area contributed by atoms with E-state index in [0.717, 1.165) is 24.3 Å². The van der Waals surface area contributed by atoms with Crippen LogP contribution in [0.5, 0.6) is 0 Å². The van der Waals surface area contributed by atoms with Gasteiger partial charge in [0.1, 0.15) is 17.3 Å². The summed E-state index contributed by atoms with van der Waals surface area (Å²) in [7, 11) is 0. The Morgan fingerprint density at radius 2 is 2.03 bits per heavy atom. The minimum Gasteiger partial charge on any atom is -0.462 e. The van der Waals surface area contributed by atoms with E-state index in [1.807, 2.05) is 4.90 Å². The molecule has 31 heavy (non-hydrogen) atoms. The second-order valence-electron chi connectivity index (χ2n) is 7.18. The van der Waals surface area contributed by atoms with E-state index >= 15 is 0 Å². The zero-order valence-corrected chi connectivity index (χ0v) is 17.9. The maximum atomic E-state index is 14.5. The number of carbonyl (C=O) groups excluding carboxylic acids is 2. The Kier molecular flexibility index (Phi) is 6.41. The number of halogens is 1. The zero-order chi connectivity index (χ0) is 21.8. The fourth-order valence-corrected chi connectivity index (χ4v) is 4.85. The molecule has 9 heteroatoms. The minimum atomic E-state index is -0.542. The molecule has 0 aliphatic carbocycles. The SMILES string of the molecule is CCOC(=O)c1sc2cccc(F)c2c1COC(=O)[C@@H]1CCCN(c2ncccn2)C1. The van der Waals surface area contributed by atoms with Crippen LogP contribution in [0.15, 0.2) is 36.7 Å². The third-order valence-electron chi connectivity index (χ3n) is 5.17. The van der Waals surface area contributed by atoms with E-state index < -0.39 is 11.8 Å². The third-order valence-corrected chi connectivity index (χ3v) is 6.35. The molecule has 1 atom stereocenters. The highest BCUT2D eigenvalue weighted by atomic mass is 32.1. The molecule has 7 nitrogen and oxygen atoms in total. The summed E-state index contributed by atoms with van der Waals surface area (Å²) in [4.78, 5) is 35.9. The monoisotopic (exact) mass is 443 g/mol. The van der Waals surface area contributed by atoms with Crippen LogP contribution >= 0.6 is 11.3 Å². The van der Waals surface area contributed by atoms with Crippen LogP contribution in [0.25, 0.3) is 10.1 Å². The van der Waals surface area contributed by atoms with Gasteiger partial charge in [-0.15, -0.1) is 11.3 Å². The predicted octanol–water partition coefficient (Wildman–Crippen LogP) is 3.97. The molecule has 0 amide bonds. The number of aromatic nitrogens is 2. The van der Waals surface area contributed by atoms with Crippen LogP contribution in [-0.2, 0) is 20.9 Å². The number of thiophene rings is 1. The largest absolute Gasteiger partial charge is 0.462 e. The van der Waals surface area contributed by atoms with Crippen molar-refractivity contribution in [2.24, 2.45) is 5.92 Å². The molecule has 3 heterocycles. The van der Waals surface area contributed by atoms with Gasteiger partial charge in [0.25, 0.3) is 0 Å². The maximum absolute atomic E-state index is 14.5. The Morgan fingerprint density at radius 1 is 1.23 bits per heavy atom. The smallest absolute Gasteiger partial charge is 0.348 e. The van der Waals surface area contributed by atoms with Crippen LogP contribution in [0.3, 0.4) is 0 Å². The van der Waals surface area contributed by atoms with Crippen LogP contribution in [-0.4, -0.2) is 41.6 Å². The van der Waals surface area contributed by atoms with Gasteiger partial charge < -0.3 is 14.4 Å². The minimum absolute atomic E-state index is 0.188. The number of hydrogen-bond donors (Lipinski definition) is 0. The number of anilines is 1. The molecule has 2 aromatic heterocycles. The fraction of sp³-hybridized carbons (Fsp3) is 0.364. The molecule has 0 radical (unpaired) electrons. The van der Waals surface area contributed by atoms with Gasteiger partial charge in [-0.05, 0) is 38.0 Å². The molecule has 3 aromatic rings. The first-order valence-electron chi connectivity index (χ1n) is 10.1. The summed E-state index contributed by atoms with van der Waals surface area (Å²) in [6.07, 6.45) is 4.82. The molecule has 0 unspecified atom stereocenters. The van der Waals surface area contributed by atoms with Gasteiger partial charge in [-0.1, -0.05) is 6.07 Å².